The monoisotopic (exact) mass is 264 g/mol. The van der Waals surface area contributed by atoms with Crippen LogP contribution in [0.3, 0.4) is 0 Å². The van der Waals surface area contributed by atoms with Crippen molar-refractivity contribution in [1.82, 2.24) is 9.97 Å². The molecule has 0 amide bonds. The van der Waals surface area contributed by atoms with Crippen LogP contribution in [0.2, 0.25) is 0 Å². The van der Waals surface area contributed by atoms with Crippen molar-refractivity contribution < 1.29 is 4.74 Å². The molecule has 106 valence electrons. The molecule has 1 aliphatic rings. The molecule has 1 atom stereocenters. The van der Waals surface area contributed by atoms with Gasteiger partial charge in [-0.1, -0.05) is 6.92 Å². The zero-order chi connectivity index (χ0) is 13.7. The minimum atomic E-state index is 0.455. The van der Waals surface area contributed by atoms with E-state index in [4.69, 9.17) is 4.74 Å². The lowest BCUT2D eigenvalue weighted by atomic mass is 10.2. The van der Waals surface area contributed by atoms with E-state index in [1.165, 1.54) is 19.3 Å². The Balaban J connectivity index is 2.27. The molecule has 1 unspecified atom stereocenters. The molecule has 2 rings (SSSR count). The predicted molar refractivity (Wildman–Crippen MR) is 77.6 cm³/mol. The fraction of sp³-hybridized carbons (Fsp3) is 0.714. The van der Waals surface area contributed by atoms with Gasteiger partial charge in [-0.25, -0.2) is 9.97 Å². The van der Waals surface area contributed by atoms with Crippen molar-refractivity contribution in [3.8, 4) is 0 Å². The Labute approximate surface area is 115 Å². The van der Waals surface area contributed by atoms with Crippen LogP contribution in [0, 0.1) is 0 Å². The second-order valence-corrected chi connectivity index (χ2v) is 4.89. The van der Waals surface area contributed by atoms with Gasteiger partial charge in [0.05, 0.1) is 0 Å². The number of nitrogens with zero attached hydrogens (tertiary/aromatic N) is 3. The van der Waals surface area contributed by atoms with Crippen molar-refractivity contribution in [3.05, 3.63) is 11.9 Å². The van der Waals surface area contributed by atoms with Crippen LogP contribution in [-0.2, 0) is 11.3 Å². The molecule has 0 radical (unpaired) electrons. The third-order valence-corrected chi connectivity index (χ3v) is 3.53. The Bertz CT molecular complexity index is 386. The number of nitrogens with one attached hydrogen (secondary N) is 1. The van der Waals surface area contributed by atoms with Crippen LogP contribution in [0.1, 0.15) is 38.9 Å². The lowest BCUT2D eigenvalue weighted by Crippen LogP contribution is -2.29. The van der Waals surface area contributed by atoms with Crippen molar-refractivity contribution in [2.45, 2.75) is 45.8 Å². The first-order valence-electron chi connectivity index (χ1n) is 7.15. The molecule has 0 aliphatic carbocycles. The summed E-state index contributed by atoms with van der Waals surface area (Å²) in [6.07, 6.45) is 3.68. The van der Waals surface area contributed by atoms with Gasteiger partial charge in [-0.2, -0.15) is 0 Å². The fourth-order valence-electron chi connectivity index (χ4n) is 2.66. The molecular weight excluding hydrogens is 240 g/mol. The average Bonchev–Trinajstić information content (AvgIpc) is 2.87. The van der Waals surface area contributed by atoms with Crippen LogP contribution in [0.25, 0.3) is 0 Å². The standard InChI is InChI=1S/C14H24N4O/c1-4-11-7-6-8-18(11)14-9-12(15-5-2)16-13(17-14)10-19-3/h9,11H,4-8,10H2,1-3H3,(H,15,16,17). The number of ether oxygens (including phenoxy) is 1. The van der Waals surface area contributed by atoms with Gasteiger partial charge >= 0.3 is 0 Å². The minimum absolute atomic E-state index is 0.455. The van der Waals surface area contributed by atoms with Crippen LogP contribution in [0.5, 0.6) is 0 Å². The van der Waals surface area contributed by atoms with E-state index in [2.05, 4.69) is 40.1 Å². The van der Waals surface area contributed by atoms with Crippen molar-refractivity contribution >= 4 is 11.6 Å². The quantitative estimate of drug-likeness (QED) is 0.855. The van der Waals surface area contributed by atoms with E-state index >= 15 is 0 Å². The van der Waals surface area contributed by atoms with Crippen LogP contribution in [-0.4, -0.2) is 36.2 Å². The van der Waals surface area contributed by atoms with Crippen LogP contribution in [0.4, 0.5) is 11.6 Å². The molecule has 5 heteroatoms. The number of aromatic nitrogens is 2. The van der Waals surface area contributed by atoms with Crippen molar-refractivity contribution in [2.24, 2.45) is 0 Å². The van der Waals surface area contributed by atoms with Gasteiger partial charge < -0.3 is 15.0 Å². The highest BCUT2D eigenvalue weighted by Crippen LogP contribution is 2.27. The maximum absolute atomic E-state index is 5.16. The van der Waals surface area contributed by atoms with E-state index in [9.17, 15) is 0 Å². The first-order chi connectivity index (χ1) is 9.28. The van der Waals surface area contributed by atoms with Gasteiger partial charge in [-0.05, 0) is 26.2 Å². The van der Waals surface area contributed by atoms with Crippen molar-refractivity contribution in [2.75, 3.05) is 30.4 Å². The summed E-state index contributed by atoms with van der Waals surface area (Å²) in [6, 6.07) is 2.66. The number of methoxy groups -OCH3 is 1. The lowest BCUT2D eigenvalue weighted by molar-refractivity contribution is 0.178. The van der Waals surface area contributed by atoms with E-state index in [0.29, 0.717) is 12.6 Å². The minimum Gasteiger partial charge on any atom is -0.377 e. The van der Waals surface area contributed by atoms with E-state index in [-0.39, 0.29) is 0 Å². The van der Waals surface area contributed by atoms with E-state index < -0.39 is 0 Å². The zero-order valence-electron chi connectivity index (χ0n) is 12.1. The average molecular weight is 264 g/mol. The first kappa shape index (κ1) is 14.1. The second-order valence-electron chi connectivity index (χ2n) is 4.89. The molecule has 0 saturated carbocycles. The Kier molecular flexibility index (Phi) is 4.96. The van der Waals surface area contributed by atoms with Gasteiger partial charge in [0.15, 0.2) is 5.82 Å². The Morgan fingerprint density at radius 1 is 1.42 bits per heavy atom. The van der Waals surface area contributed by atoms with E-state index in [0.717, 1.165) is 30.5 Å². The molecule has 2 heterocycles. The van der Waals surface area contributed by atoms with Crippen LogP contribution < -0.4 is 10.2 Å². The highest BCUT2D eigenvalue weighted by atomic mass is 16.5. The SMILES string of the molecule is CCNc1cc(N2CCCC2CC)nc(COC)n1. The highest BCUT2D eigenvalue weighted by Gasteiger charge is 2.24. The third-order valence-electron chi connectivity index (χ3n) is 3.53. The summed E-state index contributed by atoms with van der Waals surface area (Å²) < 4.78 is 5.16. The molecule has 1 aliphatic heterocycles. The van der Waals surface area contributed by atoms with Crippen LogP contribution >= 0.6 is 0 Å². The molecule has 1 aromatic rings. The number of anilines is 2. The first-order valence-corrected chi connectivity index (χ1v) is 7.15. The largest absolute Gasteiger partial charge is 0.377 e. The lowest BCUT2D eigenvalue weighted by Gasteiger charge is -2.25. The van der Waals surface area contributed by atoms with Crippen LogP contribution in [0.15, 0.2) is 6.07 Å². The van der Waals surface area contributed by atoms with E-state index in [1.54, 1.807) is 7.11 Å². The summed E-state index contributed by atoms with van der Waals surface area (Å²) in [5.74, 6) is 2.67. The molecular formula is C14H24N4O. The third kappa shape index (κ3) is 3.35. The molecule has 0 spiro atoms. The second kappa shape index (κ2) is 6.70. The predicted octanol–water partition coefficient (Wildman–Crippen LogP) is 2.43. The maximum Gasteiger partial charge on any atom is 0.158 e. The number of hydrogen-bond acceptors (Lipinski definition) is 5. The summed E-state index contributed by atoms with van der Waals surface area (Å²) in [7, 11) is 1.67. The Morgan fingerprint density at radius 3 is 2.95 bits per heavy atom. The molecule has 1 aromatic heterocycles. The summed E-state index contributed by atoms with van der Waals surface area (Å²) in [6.45, 7) is 6.72. The summed E-state index contributed by atoms with van der Waals surface area (Å²) in [4.78, 5) is 11.5. The van der Waals surface area contributed by atoms with Gasteiger partial charge in [0.25, 0.3) is 0 Å². The van der Waals surface area contributed by atoms with Crippen molar-refractivity contribution in [1.29, 1.82) is 0 Å². The summed E-state index contributed by atoms with van der Waals surface area (Å²) in [5, 5.41) is 3.27. The summed E-state index contributed by atoms with van der Waals surface area (Å²) in [5.41, 5.74) is 0. The molecule has 1 N–H and O–H groups in total. The fourth-order valence-corrected chi connectivity index (χ4v) is 2.66. The smallest absolute Gasteiger partial charge is 0.158 e. The van der Waals surface area contributed by atoms with Gasteiger partial charge in [0.1, 0.15) is 18.2 Å². The molecule has 5 nitrogen and oxygen atoms in total. The maximum atomic E-state index is 5.16. The highest BCUT2D eigenvalue weighted by molar-refractivity contribution is 5.50. The summed E-state index contributed by atoms with van der Waals surface area (Å²) >= 11 is 0. The normalized spacial score (nSPS) is 18.9. The Morgan fingerprint density at radius 2 is 2.26 bits per heavy atom. The molecule has 19 heavy (non-hydrogen) atoms. The number of rotatable bonds is 6. The molecule has 0 aromatic carbocycles. The van der Waals surface area contributed by atoms with Gasteiger partial charge in [0.2, 0.25) is 0 Å². The zero-order valence-corrected chi connectivity index (χ0v) is 12.1. The van der Waals surface area contributed by atoms with E-state index in [1.807, 2.05) is 0 Å². The number of hydrogen-bond donors (Lipinski definition) is 1. The van der Waals surface area contributed by atoms with Gasteiger partial charge in [-0.3, -0.25) is 0 Å². The van der Waals surface area contributed by atoms with Crippen molar-refractivity contribution in [3.63, 3.8) is 0 Å². The topological polar surface area (TPSA) is 50.3 Å². The van der Waals surface area contributed by atoms with Gasteiger partial charge in [-0.15, -0.1) is 0 Å². The van der Waals surface area contributed by atoms with Gasteiger partial charge in [0, 0.05) is 32.3 Å². The molecule has 0 bridgehead atoms. The molecule has 1 saturated heterocycles. The molecule has 1 fully saturated rings. The Hall–Kier alpha value is -1.36.